The average molecular weight is 327 g/mol. The first-order chi connectivity index (χ1) is 11.5. The Hall–Kier alpha value is -2.70. The normalized spacial score (nSPS) is 15.5. The number of benzene rings is 1. The van der Waals surface area contributed by atoms with Gasteiger partial charge in [0, 0.05) is 19.0 Å². The van der Waals surface area contributed by atoms with Crippen molar-refractivity contribution in [2.45, 2.75) is 26.7 Å². The van der Waals surface area contributed by atoms with E-state index in [9.17, 15) is 9.59 Å². The fourth-order valence-electron chi connectivity index (χ4n) is 2.89. The molecule has 0 saturated carbocycles. The number of hydrogen-bond donors (Lipinski definition) is 1. The first-order valence-electron chi connectivity index (χ1n) is 8.04. The zero-order valence-corrected chi connectivity index (χ0v) is 13.9. The van der Waals surface area contributed by atoms with Gasteiger partial charge in [-0.3, -0.25) is 9.59 Å². The van der Waals surface area contributed by atoms with Crippen molar-refractivity contribution in [2.75, 3.05) is 13.1 Å². The first kappa shape index (κ1) is 16.2. The van der Waals surface area contributed by atoms with Gasteiger partial charge in [0.25, 0.3) is 5.91 Å². The summed E-state index contributed by atoms with van der Waals surface area (Å²) in [5, 5.41) is 8.07. The van der Waals surface area contributed by atoms with Crippen molar-refractivity contribution in [3.8, 4) is 5.69 Å². The molecule has 126 valence electrons. The van der Waals surface area contributed by atoms with E-state index in [-0.39, 0.29) is 17.7 Å². The van der Waals surface area contributed by atoms with Gasteiger partial charge in [-0.05, 0) is 49.9 Å². The summed E-state index contributed by atoms with van der Waals surface area (Å²) < 4.78 is 1.61. The lowest BCUT2D eigenvalue weighted by molar-refractivity contribution is -0.123. The molecule has 0 unspecified atom stereocenters. The molecular weight excluding hydrogens is 306 g/mol. The Balaban J connectivity index is 1.72. The van der Waals surface area contributed by atoms with Crippen LogP contribution in [0.3, 0.4) is 0 Å². The van der Waals surface area contributed by atoms with Gasteiger partial charge in [-0.25, -0.2) is 4.68 Å². The molecule has 1 aromatic carbocycles. The summed E-state index contributed by atoms with van der Waals surface area (Å²) >= 11 is 0. The van der Waals surface area contributed by atoms with E-state index in [0.717, 1.165) is 11.3 Å². The molecule has 7 heteroatoms. The number of nitrogens with zero attached hydrogens (tertiary/aromatic N) is 4. The van der Waals surface area contributed by atoms with Crippen LogP contribution in [0.25, 0.3) is 5.69 Å². The van der Waals surface area contributed by atoms with Crippen LogP contribution in [0.5, 0.6) is 0 Å². The molecule has 1 aliphatic rings. The maximum Gasteiger partial charge on any atom is 0.276 e. The number of primary amides is 1. The van der Waals surface area contributed by atoms with Crippen molar-refractivity contribution in [2.24, 2.45) is 11.7 Å². The van der Waals surface area contributed by atoms with Crippen molar-refractivity contribution in [1.82, 2.24) is 19.9 Å². The molecule has 1 aromatic heterocycles. The molecule has 0 spiro atoms. The molecule has 2 N–H and O–H groups in total. The Kier molecular flexibility index (Phi) is 4.33. The van der Waals surface area contributed by atoms with Crippen LogP contribution < -0.4 is 5.73 Å². The summed E-state index contributed by atoms with van der Waals surface area (Å²) in [7, 11) is 0. The fourth-order valence-corrected chi connectivity index (χ4v) is 2.89. The standard InChI is InChI=1S/C17H21N5O2/c1-11-3-4-14(9-12(11)2)22-10-15(19-20-22)17(24)21-7-5-13(6-8-21)16(18)23/h3-4,9-10,13H,5-8H2,1-2H3,(H2,18,23). The number of likely N-dealkylation sites (tertiary alicyclic amines) is 1. The van der Waals surface area contributed by atoms with Gasteiger partial charge < -0.3 is 10.6 Å². The Morgan fingerprint density at radius 1 is 1.17 bits per heavy atom. The molecule has 2 aromatic rings. The minimum Gasteiger partial charge on any atom is -0.369 e. The predicted octanol–water partition coefficient (Wildman–Crippen LogP) is 1.22. The van der Waals surface area contributed by atoms with E-state index in [1.54, 1.807) is 15.8 Å². The van der Waals surface area contributed by atoms with Gasteiger partial charge in [0.2, 0.25) is 5.91 Å². The summed E-state index contributed by atoms with van der Waals surface area (Å²) in [5.74, 6) is -0.587. The van der Waals surface area contributed by atoms with Crippen LogP contribution in [0, 0.1) is 19.8 Å². The Morgan fingerprint density at radius 3 is 2.50 bits per heavy atom. The quantitative estimate of drug-likeness (QED) is 0.917. The van der Waals surface area contributed by atoms with E-state index < -0.39 is 0 Å². The maximum absolute atomic E-state index is 12.5. The Bertz CT molecular complexity index is 775. The minimum atomic E-state index is -0.289. The lowest BCUT2D eigenvalue weighted by atomic mass is 9.96. The average Bonchev–Trinajstić information content (AvgIpc) is 3.07. The fraction of sp³-hybridized carbons (Fsp3) is 0.412. The van der Waals surface area contributed by atoms with Crippen LogP contribution >= 0.6 is 0 Å². The molecule has 1 saturated heterocycles. The van der Waals surface area contributed by atoms with Crippen molar-refractivity contribution < 1.29 is 9.59 Å². The number of aryl methyl sites for hydroxylation is 2. The second-order valence-corrected chi connectivity index (χ2v) is 6.29. The molecular formula is C17H21N5O2. The van der Waals surface area contributed by atoms with E-state index >= 15 is 0 Å². The van der Waals surface area contributed by atoms with Crippen molar-refractivity contribution >= 4 is 11.8 Å². The zero-order valence-electron chi connectivity index (χ0n) is 13.9. The van der Waals surface area contributed by atoms with Crippen LogP contribution in [-0.2, 0) is 4.79 Å². The summed E-state index contributed by atoms with van der Waals surface area (Å²) in [4.78, 5) is 25.4. The van der Waals surface area contributed by atoms with Crippen molar-refractivity contribution in [3.63, 3.8) is 0 Å². The van der Waals surface area contributed by atoms with E-state index in [1.807, 2.05) is 32.0 Å². The molecule has 2 heterocycles. The van der Waals surface area contributed by atoms with Crippen molar-refractivity contribution in [3.05, 3.63) is 41.2 Å². The number of amides is 2. The Morgan fingerprint density at radius 2 is 1.88 bits per heavy atom. The summed E-state index contributed by atoms with van der Waals surface area (Å²) in [5.41, 5.74) is 8.86. The van der Waals surface area contributed by atoms with Crippen molar-refractivity contribution in [1.29, 1.82) is 0 Å². The van der Waals surface area contributed by atoms with Gasteiger partial charge in [-0.15, -0.1) is 5.10 Å². The van der Waals surface area contributed by atoms with Crippen LogP contribution in [0.1, 0.15) is 34.5 Å². The van der Waals surface area contributed by atoms with Crippen LogP contribution in [0.4, 0.5) is 0 Å². The molecule has 0 bridgehead atoms. The summed E-state index contributed by atoms with van der Waals surface area (Å²) in [6.45, 7) is 5.11. The second kappa shape index (κ2) is 6.43. The molecule has 1 aliphatic heterocycles. The highest BCUT2D eigenvalue weighted by Gasteiger charge is 2.27. The molecule has 2 amide bonds. The number of nitrogens with two attached hydrogens (primary N) is 1. The van der Waals surface area contributed by atoms with Gasteiger partial charge in [0.1, 0.15) is 0 Å². The third kappa shape index (κ3) is 3.15. The minimum absolute atomic E-state index is 0.139. The summed E-state index contributed by atoms with van der Waals surface area (Å²) in [6.07, 6.45) is 2.85. The van der Waals surface area contributed by atoms with Gasteiger partial charge in [0.15, 0.2) is 5.69 Å². The lowest BCUT2D eigenvalue weighted by Gasteiger charge is -2.29. The first-order valence-corrected chi connectivity index (χ1v) is 8.04. The van der Waals surface area contributed by atoms with Gasteiger partial charge in [-0.2, -0.15) is 0 Å². The smallest absolute Gasteiger partial charge is 0.276 e. The number of carbonyl (C=O) groups excluding carboxylic acids is 2. The number of rotatable bonds is 3. The Labute approximate surface area is 140 Å². The SMILES string of the molecule is Cc1ccc(-n2cc(C(=O)N3CCC(C(N)=O)CC3)nn2)cc1C. The van der Waals surface area contributed by atoms with E-state index in [1.165, 1.54) is 5.56 Å². The largest absolute Gasteiger partial charge is 0.369 e. The highest BCUT2D eigenvalue weighted by Crippen LogP contribution is 2.19. The topological polar surface area (TPSA) is 94.1 Å². The summed E-state index contributed by atoms with van der Waals surface area (Å²) in [6, 6.07) is 5.97. The second-order valence-electron chi connectivity index (χ2n) is 6.29. The third-order valence-corrected chi connectivity index (χ3v) is 4.65. The number of hydrogen-bond acceptors (Lipinski definition) is 4. The molecule has 24 heavy (non-hydrogen) atoms. The zero-order chi connectivity index (χ0) is 17.3. The van der Waals surface area contributed by atoms with E-state index in [4.69, 9.17) is 5.73 Å². The molecule has 7 nitrogen and oxygen atoms in total. The number of piperidine rings is 1. The maximum atomic E-state index is 12.5. The third-order valence-electron chi connectivity index (χ3n) is 4.65. The van der Waals surface area contributed by atoms with E-state index in [0.29, 0.717) is 31.6 Å². The van der Waals surface area contributed by atoms with Gasteiger partial charge in [-0.1, -0.05) is 11.3 Å². The molecule has 3 rings (SSSR count). The highest BCUT2D eigenvalue weighted by atomic mass is 16.2. The van der Waals surface area contributed by atoms with Gasteiger partial charge in [0.05, 0.1) is 11.9 Å². The van der Waals surface area contributed by atoms with Gasteiger partial charge >= 0.3 is 0 Å². The molecule has 0 radical (unpaired) electrons. The lowest BCUT2D eigenvalue weighted by Crippen LogP contribution is -2.41. The predicted molar refractivity (Wildman–Crippen MR) is 88.7 cm³/mol. The molecule has 0 atom stereocenters. The van der Waals surface area contributed by atoms with Crippen LogP contribution in [0.2, 0.25) is 0 Å². The molecule has 0 aliphatic carbocycles. The monoisotopic (exact) mass is 327 g/mol. The number of carbonyl (C=O) groups is 2. The highest BCUT2D eigenvalue weighted by molar-refractivity contribution is 5.92. The van der Waals surface area contributed by atoms with Crippen LogP contribution in [0.15, 0.2) is 24.4 Å². The number of aromatic nitrogens is 3. The van der Waals surface area contributed by atoms with Crippen LogP contribution in [-0.4, -0.2) is 44.8 Å². The van der Waals surface area contributed by atoms with E-state index in [2.05, 4.69) is 10.3 Å². The molecule has 1 fully saturated rings.